The van der Waals surface area contributed by atoms with Crippen molar-refractivity contribution in [1.82, 2.24) is 10.2 Å². The van der Waals surface area contributed by atoms with Crippen LogP contribution in [0.25, 0.3) is 0 Å². The first-order valence-electron chi connectivity index (χ1n) is 9.26. The van der Waals surface area contributed by atoms with Crippen LogP contribution in [0.5, 0.6) is 0 Å². The van der Waals surface area contributed by atoms with Gasteiger partial charge in [0.1, 0.15) is 6.10 Å². The lowest BCUT2D eigenvalue weighted by molar-refractivity contribution is 0.131. The normalized spacial score (nSPS) is 29.4. The number of nitrogens with zero attached hydrogens (tertiary/aromatic N) is 1. The van der Waals surface area contributed by atoms with Gasteiger partial charge in [0.05, 0.1) is 6.04 Å². The van der Waals surface area contributed by atoms with Crippen LogP contribution >= 0.6 is 0 Å². The second-order valence-corrected chi connectivity index (χ2v) is 7.58. The summed E-state index contributed by atoms with van der Waals surface area (Å²) in [5.74, 6) is 0.446. The lowest BCUT2D eigenvalue weighted by atomic mass is 9.86. The second kappa shape index (κ2) is 7.06. The highest BCUT2D eigenvalue weighted by Gasteiger charge is 2.44. The van der Waals surface area contributed by atoms with Gasteiger partial charge in [-0.3, -0.25) is 0 Å². The van der Waals surface area contributed by atoms with Crippen molar-refractivity contribution in [2.24, 2.45) is 5.92 Å². The molecule has 1 aromatic carbocycles. The third-order valence-electron chi connectivity index (χ3n) is 5.77. The minimum Gasteiger partial charge on any atom is -0.439 e. The summed E-state index contributed by atoms with van der Waals surface area (Å²) in [5, 5.41) is 3.05. The van der Waals surface area contributed by atoms with Crippen LogP contribution in [-0.2, 0) is 4.74 Å². The monoisotopic (exact) mass is 344 g/mol. The van der Waals surface area contributed by atoms with E-state index in [2.05, 4.69) is 12.2 Å². The molecule has 1 saturated carbocycles. The van der Waals surface area contributed by atoms with Gasteiger partial charge in [-0.25, -0.2) is 14.5 Å². The summed E-state index contributed by atoms with van der Waals surface area (Å²) in [6.45, 7) is 8.12. The Morgan fingerprint density at radius 3 is 2.56 bits per heavy atom. The highest BCUT2D eigenvalue weighted by Crippen LogP contribution is 2.33. The first kappa shape index (κ1) is 17.8. The number of rotatable bonds is 2. The summed E-state index contributed by atoms with van der Waals surface area (Å²) in [6, 6.07) is 5.52. The molecule has 0 spiro atoms. The first-order chi connectivity index (χ1) is 11.9. The molecule has 1 aliphatic heterocycles. The van der Waals surface area contributed by atoms with Crippen LogP contribution in [-0.4, -0.2) is 29.1 Å². The molecule has 4 atom stereocenters. The smallest absolute Gasteiger partial charge is 0.419 e. The first-order valence-corrected chi connectivity index (χ1v) is 9.26. The largest absolute Gasteiger partial charge is 0.439 e. The van der Waals surface area contributed by atoms with E-state index >= 15 is 0 Å². The van der Waals surface area contributed by atoms with E-state index in [9.17, 15) is 9.59 Å². The molecule has 1 aromatic rings. The molecule has 4 unspecified atom stereocenters. The van der Waals surface area contributed by atoms with Crippen LogP contribution in [0, 0.1) is 19.8 Å². The molecule has 2 aliphatic rings. The Morgan fingerprint density at radius 2 is 1.88 bits per heavy atom. The zero-order valence-electron chi connectivity index (χ0n) is 15.5. The van der Waals surface area contributed by atoms with Crippen LogP contribution in [0.3, 0.4) is 0 Å². The molecule has 1 aliphatic carbocycles. The molecular formula is C20H28N2O3. The van der Waals surface area contributed by atoms with Crippen molar-refractivity contribution >= 4 is 12.1 Å². The number of aryl methyl sites for hydroxylation is 2. The molecule has 0 radical (unpaired) electrons. The molecule has 2 fully saturated rings. The zero-order chi connectivity index (χ0) is 18.1. The maximum Gasteiger partial charge on any atom is 0.419 e. The van der Waals surface area contributed by atoms with Crippen molar-refractivity contribution in [2.45, 2.75) is 71.6 Å². The molecule has 1 saturated heterocycles. The number of carbonyl (C=O) groups is 2. The Bertz CT molecular complexity index is 673. The number of hydrogen-bond acceptors (Lipinski definition) is 3. The van der Waals surface area contributed by atoms with Gasteiger partial charge in [-0.05, 0) is 56.2 Å². The molecule has 0 bridgehead atoms. The van der Waals surface area contributed by atoms with Gasteiger partial charge in [0.15, 0.2) is 0 Å². The van der Waals surface area contributed by atoms with E-state index in [0.717, 1.165) is 30.4 Å². The summed E-state index contributed by atoms with van der Waals surface area (Å²) < 4.78 is 5.53. The molecule has 136 valence electrons. The molecule has 1 heterocycles. The number of carbonyl (C=O) groups excluding carboxylic acids is 2. The van der Waals surface area contributed by atoms with Crippen LogP contribution in [0.2, 0.25) is 0 Å². The van der Waals surface area contributed by atoms with E-state index in [0.29, 0.717) is 5.92 Å². The fourth-order valence-corrected chi connectivity index (χ4v) is 3.88. The molecular weight excluding hydrogens is 316 g/mol. The lowest BCUT2D eigenvalue weighted by Gasteiger charge is -2.31. The van der Waals surface area contributed by atoms with E-state index in [-0.39, 0.29) is 18.1 Å². The van der Waals surface area contributed by atoms with Crippen LogP contribution in [0.15, 0.2) is 18.2 Å². The van der Waals surface area contributed by atoms with Crippen molar-refractivity contribution in [1.29, 1.82) is 0 Å². The minimum atomic E-state index is -0.559. The Kier molecular flexibility index (Phi) is 5.02. The van der Waals surface area contributed by atoms with Gasteiger partial charge in [0.2, 0.25) is 0 Å². The molecule has 3 amide bonds. The number of nitrogens with one attached hydrogen (secondary N) is 1. The standard InChI is InChI=1S/C20H28N2O3/c1-12-9-10-16(11-14(12)3)18-15(4)22(20(24)25-18)19(23)21-17-8-6-5-7-13(17)2/h9-11,13,15,17-18H,5-8H2,1-4H3,(H,21,23). The van der Waals surface area contributed by atoms with Gasteiger partial charge >= 0.3 is 12.1 Å². The van der Waals surface area contributed by atoms with E-state index in [1.807, 2.05) is 39.0 Å². The van der Waals surface area contributed by atoms with Crippen molar-refractivity contribution in [3.63, 3.8) is 0 Å². The Morgan fingerprint density at radius 1 is 1.16 bits per heavy atom. The number of hydrogen-bond donors (Lipinski definition) is 1. The van der Waals surface area contributed by atoms with Gasteiger partial charge in [-0.2, -0.15) is 0 Å². The van der Waals surface area contributed by atoms with Crippen LogP contribution in [0.1, 0.15) is 62.3 Å². The fourth-order valence-electron chi connectivity index (χ4n) is 3.88. The molecule has 0 aromatic heterocycles. The van der Waals surface area contributed by atoms with E-state index in [1.165, 1.54) is 16.9 Å². The molecule has 3 rings (SSSR count). The van der Waals surface area contributed by atoms with Crippen molar-refractivity contribution in [2.75, 3.05) is 0 Å². The number of urea groups is 1. The Labute approximate surface area is 149 Å². The summed E-state index contributed by atoms with van der Waals surface area (Å²) in [5.41, 5.74) is 3.28. The number of cyclic esters (lactones) is 1. The summed E-state index contributed by atoms with van der Waals surface area (Å²) in [4.78, 5) is 26.3. The van der Waals surface area contributed by atoms with Crippen molar-refractivity contribution in [3.8, 4) is 0 Å². The average molecular weight is 344 g/mol. The number of imide groups is 1. The van der Waals surface area contributed by atoms with Crippen LogP contribution < -0.4 is 5.32 Å². The number of benzene rings is 1. The topological polar surface area (TPSA) is 58.6 Å². The quantitative estimate of drug-likeness (QED) is 0.861. The Hall–Kier alpha value is -2.04. The number of ether oxygens (including phenoxy) is 1. The molecule has 5 heteroatoms. The zero-order valence-corrected chi connectivity index (χ0v) is 15.5. The van der Waals surface area contributed by atoms with Gasteiger partial charge in [0, 0.05) is 6.04 Å². The summed E-state index contributed by atoms with van der Waals surface area (Å²) in [6.07, 6.45) is 3.46. The number of amides is 3. The maximum absolute atomic E-state index is 12.7. The van der Waals surface area contributed by atoms with Gasteiger partial charge in [0.25, 0.3) is 0 Å². The highest BCUT2D eigenvalue weighted by molar-refractivity contribution is 5.93. The van der Waals surface area contributed by atoms with Crippen molar-refractivity contribution in [3.05, 3.63) is 34.9 Å². The van der Waals surface area contributed by atoms with E-state index in [1.54, 1.807) is 0 Å². The van der Waals surface area contributed by atoms with Gasteiger partial charge in [-0.1, -0.05) is 38.0 Å². The predicted octanol–water partition coefficient (Wildman–Crippen LogP) is 4.47. The summed E-state index contributed by atoms with van der Waals surface area (Å²) >= 11 is 0. The SMILES string of the molecule is Cc1ccc(C2OC(=O)N(C(=O)NC3CCCCC3C)C2C)cc1C. The molecule has 1 N–H and O–H groups in total. The third kappa shape index (κ3) is 3.51. The predicted molar refractivity (Wildman–Crippen MR) is 96.4 cm³/mol. The summed E-state index contributed by atoms with van der Waals surface area (Å²) in [7, 11) is 0. The van der Waals surface area contributed by atoms with E-state index < -0.39 is 12.2 Å². The maximum atomic E-state index is 12.7. The van der Waals surface area contributed by atoms with E-state index in [4.69, 9.17) is 4.74 Å². The molecule has 25 heavy (non-hydrogen) atoms. The van der Waals surface area contributed by atoms with Crippen LogP contribution in [0.4, 0.5) is 9.59 Å². The lowest BCUT2D eigenvalue weighted by Crippen LogP contribution is -2.50. The van der Waals surface area contributed by atoms with Crippen molar-refractivity contribution < 1.29 is 14.3 Å². The molecule has 5 nitrogen and oxygen atoms in total. The third-order valence-corrected chi connectivity index (χ3v) is 5.77. The van der Waals surface area contributed by atoms with Gasteiger partial charge < -0.3 is 10.1 Å². The Balaban J connectivity index is 1.73. The second-order valence-electron chi connectivity index (χ2n) is 7.58. The van der Waals surface area contributed by atoms with Gasteiger partial charge in [-0.15, -0.1) is 0 Å². The highest BCUT2D eigenvalue weighted by atomic mass is 16.6. The fraction of sp³-hybridized carbons (Fsp3) is 0.600. The average Bonchev–Trinajstić information content (AvgIpc) is 2.87. The minimum absolute atomic E-state index is 0.141.